The number of anilines is 1. The van der Waals surface area contributed by atoms with E-state index in [-0.39, 0.29) is 11.8 Å². The van der Waals surface area contributed by atoms with Gasteiger partial charge in [-0.3, -0.25) is 9.89 Å². The molecule has 1 saturated carbocycles. The minimum atomic E-state index is -0.0157. The van der Waals surface area contributed by atoms with Crippen molar-refractivity contribution in [3.05, 3.63) is 70.3 Å². The van der Waals surface area contributed by atoms with Gasteiger partial charge < -0.3 is 5.32 Å². The number of aromatic amines is 1. The first-order valence-corrected chi connectivity index (χ1v) is 11.4. The predicted molar refractivity (Wildman–Crippen MR) is 128 cm³/mol. The zero-order valence-corrected chi connectivity index (χ0v) is 18.9. The van der Waals surface area contributed by atoms with Crippen LogP contribution in [-0.4, -0.2) is 21.1 Å². The average Bonchev–Trinajstić information content (AvgIpc) is 3.36. The highest BCUT2D eigenvalue weighted by Gasteiger charge is 2.30. The van der Waals surface area contributed by atoms with Gasteiger partial charge in [-0.15, -0.1) is 11.3 Å². The summed E-state index contributed by atoms with van der Waals surface area (Å²) in [4.78, 5) is 21.9. The molecule has 0 spiro atoms. The molecule has 0 aliphatic heterocycles. The van der Waals surface area contributed by atoms with Gasteiger partial charge in [0.2, 0.25) is 11.6 Å². The standard InChI is InChI=1S/C23H15Cl2N5OS/c1-26-20-19(15-5-4-14(24)11-16(15)25)22(17-7-9-28-30-17)32-21(20)13-6-8-27-18(10-13)29-23(31)12-2-3-12/h4-12H,2-3H2,(H,28,30)(H,27,29,31). The molecule has 1 amide bonds. The SMILES string of the molecule is [C-]#[N+]c1c(-c2ccnc(NC(=O)C3CC3)c2)sc(-c2ccn[nH]2)c1-c1ccc(Cl)cc1Cl. The van der Waals surface area contributed by atoms with E-state index in [0.29, 0.717) is 32.7 Å². The van der Waals surface area contributed by atoms with Crippen LogP contribution in [0.4, 0.5) is 11.5 Å². The molecule has 6 nitrogen and oxygen atoms in total. The second kappa shape index (κ2) is 8.40. The summed E-state index contributed by atoms with van der Waals surface area (Å²) in [5.41, 5.74) is 3.47. The summed E-state index contributed by atoms with van der Waals surface area (Å²) in [6.45, 7) is 7.96. The van der Waals surface area contributed by atoms with E-state index in [0.717, 1.165) is 33.9 Å². The first-order chi connectivity index (χ1) is 15.5. The molecule has 1 aromatic carbocycles. The number of thiophene rings is 1. The zero-order valence-electron chi connectivity index (χ0n) is 16.5. The average molecular weight is 480 g/mol. The fraction of sp³-hybridized carbons (Fsp3) is 0.130. The van der Waals surface area contributed by atoms with Crippen LogP contribution in [-0.2, 0) is 4.79 Å². The number of carbonyl (C=O) groups is 1. The van der Waals surface area contributed by atoms with Gasteiger partial charge in [0.1, 0.15) is 5.82 Å². The smallest absolute Gasteiger partial charge is 0.228 e. The first kappa shape index (κ1) is 20.7. The van der Waals surface area contributed by atoms with Gasteiger partial charge in [0, 0.05) is 43.7 Å². The Hall–Kier alpha value is -3.18. The molecule has 32 heavy (non-hydrogen) atoms. The quantitative estimate of drug-likeness (QED) is 0.300. The fourth-order valence-electron chi connectivity index (χ4n) is 3.45. The summed E-state index contributed by atoms with van der Waals surface area (Å²) in [6, 6.07) is 10.7. The Balaban J connectivity index is 1.67. The van der Waals surface area contributed by atoms with Gasteiger partial charge in [0.05, 0.1) is 12.3 Å². The number of H-pyrrole nitrogens is 1. The van der Waals surface area contributed by atoms with Crippen LogP contribution in [0, 0.1) is 12.5 Å². The number of benzene rings is 1. The zero-order chi connectivity index (χ0) is 22.2. The van der Waals surface area contributed by atoms with Crippen LogP contribution in [0.1, 0.15) is 12.8 Å². The molecule has 0 atom stereocenters. The maximum atomic E-state index is 12.2. The monoisotopic (exact) mass is 479 g/mol. The predicted octanol–water partition coefficient (Wildman–Crippen LogP) is 7.07. The lowest BCUT2D eigenvalue weighted by atomic mass is 10.0. The molecule has 158 valence electrons. The molecule has 0 bridgehead atoms. The van der Waals surface area contributed by atoms with Gasteiger partial charge in [0.15, 0.2) is 0 Å². The number of amides is 1. The largest absolute Gasteiger partial charge is 0.310 e. The Morgan fingerprint density at radius 3 is 2.69 bits per heavy atom. The molecular weight excluding hydrogens is 465 g/mol. The molecule has 0 unspecified atom stereocenters. The molecule has 3 heterocycles. The van der Waals surface area contributed by atoms with E-state index in [2.05, 4.69) is 25.3 Å². The molecular formula is C23H15Cl2N5OS. The third kappa shape index (κ3) is 3.89. The number of hydrogen-bond donors (Lipinski definition) is 2. The van der Waals surface area contributed by atoms with Crippen molar-refractivity contribution in [1.29, 1.82) is 0 Å². The van der Waals surface area contributed by atoms with E-state index in [1.165, 1.54) is 11.3 Å². The molecule has 1 fully saturated rings. The number of rotatable bonds is 5. The summed E-state index contributed by atoms with van der Waals surface area (Å²) in [6.07, 6.45) is 5.13. The Kier molecular flexibility index (Phi) is 5.43. The lowest BCUT2D eigenvalue weighted by Gasteiger charge is -2.08. The minimum Gasteiger partial charge on any atom is -0.310 e. The molecule has 9 heteroatoms. The number of carbonyl (C=O) groups excluding carboxylic acids is 1. The van der Waals surface area contributed by atoms with Crippen molar-refractivity contribution < 1.29 is 4.79 Å². The number of hydrogen-bond acceptors (Lipinski definition) is 4. The Morgan fingerprint density at radius 2 is 2.00 bits per heavy atom. The van der Waals surface area contributed by atoms with E-state index < -0.39 is 0 Å². The molecule has 1 aliphatic carbocycles. The number of nitrogens with one attached hydrogen (secondary N) is 2. The summed E-state index contributed by atoms with van der Waals surface area (Å²) >= 11 is 14.1. The van der Waals surface area contributed by atoms with Crippen LogP contribution in [0.5, 0.6) is 0 Å². The van der Waals surface area contributed by atoms with E-state index in [1.807, 2.05) is 18.2 Å². The molecule has 5 rings (SSSR count). The lowest BCUT2D eigenvalue weighted by molar-refractivity contribution is -0.117. The van der Waals surface area contributed by atoms with Crippen LogP contribution in [0.25, 0.3) is 37.0 Å². The number of pyridine rings is 1. The van der Waals surface area contributed by atoms with Gasteiger partial charge >= 0.3 is 0 Å². The van der Waals surface area contributed by atoms with Crippen molar-refractivity contribution in [2.24, 2.45) is 5.92 Å². The van der Waals surface area contributed by atoms with Crippen LogP contribution in [0.3, 0.4) is 0 Å². The van der Waals surface area contributed by atoms with Crippen molar-refractivity contribution in [1.82, 2.24) is 15.2 Å². The first-order valence-electron chi connectivity index (χ1n) is 9.82. The second-order valence-corrected chi connectivity index (χ2v) is 9.25. The normalized spacial score (nSPS) is 13.0. The summed E-state index contributed by atoms with van der Waals surface area (Å²) in [5.74, 6) is 0.530. The van der Waals surface area contributed by atoms with Crippen molar-refractivity contribution in [2.75, 3.05) is 5.32 Å². The summed E-state index contributed by atoms with van der Waals surface area (Å²) in [7, 11) is 0. The molecule has 2 N–H and O–H groups in total. The Bertz CT molecular complexity index is 1370. The Morgan fingerprint density at radius 1 is 1.16 bits per heavy atom. The highest BCUT2D eigenvalue weighted by molar-refractivity contribution is 7.20. The van der Waals surface area contributed by atoms with Crippen LogP contribution >= 0.6 is 34.5 Å². The maximum Gasteiger partial charge on any atom is 0.228 e. The van der Waals surface area contributed by atoms with Crippen LogP contribution in [0.2, 0.25) is 10.0 Å². The van der Waals surface area contributed by atoms with Gasteiger partial charge in [-0.2, -0.15) is 5.10 Å². The van der Waals surface area contributed by atoms with Crippen molar-refractivity contribution in [3.8, 4) is 32.1 Å². The number of aromatic nitrogens is 3. The van der Waals surface area contributed by atoms with E-state index in [4.69, 9.17) is 29.8 Å². The fourth-order valence-corrected chi connectivity index (χ4v) is 5.18. The molecule has 3 aromatic heterocycles. The van der Waals surface area contributed by atoms with E-state index in [1.54, 1.807) is 30.6 Å². The van der Waals surface area contributed by atoms with E-state index in [9.17, 15) is 4.79 Å². The minimum absolute atomic E-state index is 0.0157. The molecule has 1 aliphatic rings. The van der Waals surface area contributed by atoms with Gasteiger partial charge in [-0.05, 0) is 54.3 Å². The van der Waals surface area contributed by atoms with Crippen LogP contribution in [0.15, 0.2) is 48.8 Å². The second-order valence-electron chi connectivity index (χ2n) is 7.38. The van der Waals surface area contributed by atoms with Crippen molar-refractivity contribution in [2.45, 2.75) is 12.8 Å². The third-order valence-electron chi connectivity index (χ3n) is 5.16. The number of halogens is 2. The van der Waals surface area contributed by atoms with Gasteiger partial charge in [-0.1, -0.05) is 29.3 Å². The highest BCUT2D eigenvalue weighted by Crippen LogP contribution is 2.53. The topological polar surface area (TPSA) is 75.0 Å². The Labute approximate surface area is 198 Å². The van der Waals surface area contributed by atoms with Crippen LogP contribution < -0.4 is 5.32 Å². The molecule has 0 saturated heterocycles. The molecule has 4 aromatic rings. The molecule has 0 radical (unpaired) electrons. The van der Waals surface area contributed by atoms with Crippen molar-refractivity contribution in [3.63, 3.8) is 0 Å². The number of nitrogens with zero attached hydrogens (tertiary/aromatic N) is 3. The van der Waals surface area contributed by atoms with Gasteiger partial charge in [0.25, 0.3) is 0 Å². The summed E-state index contributed by atoms with van der Waals surface area (Å²) < 4.78 is 0. The summed E-state index contributed by atoms with van der Waals surface area (Å²) in [5, 5.41) is 10.9. The van der Waals surface area contributed by atoms with Crippen molar-refractivity contribution >= 4 is 52.0 Å². The maximum absolute atomic E-state index is 12.2. The highest BCUT2D eigenvalue weighted by atomic mass is 35.5. The van der Waals surface area contributed by atoms with Gasteiger partial charge in [-0.25, -0.2) is 9.83 Å². The lowest BCUT2D eigenvalue weighted by Crippen LogP contribution is -2.14. The third-order valence-corrected chi connectivity index (χ3v) is 6.97. The van der Waals surface area contributed by atoms with E-state index >= 15 is 0 Å².